The smallest absolute Gasteiger partial charge is 0.118 e. The average molecular weight is 237 g/mol. The zero-order valence-electron chi connectivity index (χ0n) is 10.4. The highest BCUT2D eigenvalue weighted by Crippen LogP contribution is 2.15. The molecule has 0 aliphatic carbocycles. The maximum absolute atomic E-state index is 9.02. The van der Waals surface area contributed by atoms with Crippen molar-refractivity contribution in [3.05, 3.63) is 65.2 Å². The summed E-state index contributed by atoms with van der Waals surface area (Å²) in [7, 11) is 1.66. The Balaban J connectivity index is 2.05. The van der Waals surface area contributed by atoms with Crippen molar-refractivity contribution in [2.24, 2.45) is 0 Å². The van der Waals surface area contributed by atoms with Crippen LogP contribution in [-0.2, 0) is 12.8 Å². The minimum atomic E-state index is 0.769. The Morgan fingerprint density at radius 1 is 1.00 bits per heavy atom. The second-order valence-electron chi connectivity index (χ2n) is 4.12. The molecule has 2 rings (SSSR count). The molecule has 0 bridgehead atoms. The summed E-state index contributed by atoms with van der Waals surface area (Å²) in [6.45, 7) is 0. The molecule has 0 aromatic heterocycles. The molecule has 0 N–H and O–H groups in total. The monoisotopic (exact) mass is 237 g/mol. The highest BCUT2D eigenvalue weighted by atomic mass is 16.5. The number of hydrogen-bond donors (Lipinski definition) is 0. The molecule has 0 amide bonds. The molecule has 0 atom stereocenters. The lowest BCUT2D eigenvalue weighted by atomic mass is 10.0. The Kier molecular flexibility index (Phi) is 3.98. The molecule has 0 saturated carbocycles. The highest BCUT2D eigenvalue weighted by Gasteiger charge is 2.01. The lowest BCUT2D eigenvalue weighted by Gasteiger charge is -2.05. The van der Waals surface area contributed by atoms with Gasteiger partial charge in [-0.3, -0.25) is 0 Å². The molecule has 0 saturated heterocycles. The van der Waals surface area contributed by atoms with Gasteiger partial charge in [0.25, 0.3) is 0 Å². The summed E-state index contributed by atoms with van der Waals surface area (Å²) in [6, 6.07) is 18.0. The number of rotatable bonds is 4. The minimum absolute atomic E-state index is 0.769. The van der Waals surface area contributed by atoms with Gasteiger partial charge in [-0.2, -0.15) is 5.26 Å². The third-order valence-electron chi connectivity index (χ3n) is 2.98. The van der Waals surface area contributed by atoms with E-state index in [4.69, 9.17) is 10.00 Å². The lowest BCUT2D eigenvalue weighted by molar-refractivity contribution is 0.414. The van der Waals surface area contributed by atoms with E-state index >= 15 is 0 Å². The Bertz CT molecular complexity index is 552. The van der Waals surface area contributed by atoms with Crippen molar-refractivity contribution in [1.82, 2.24) is 0 Å². The maximum Gasteiger partial charge on any atom is 0.118 e. The molecular weight excluding hydrogens is 222 g/mol. The van der Waals surface area contributed by atoms with Crippen LogP contribution < -0.4 is 4.74 Å². The van der Waals surface area contributed by atoms with Crippen molar-refractivity contribution in [3.8, 4) is 11.8 Å². The van der Waals surface area contributed by atoms with Gasteiger partial charge in [0.1, 0.15) is 5.75 Å². The Morgan fingerprint density at radius 3 is 2.39 bits per heavy atom. The third kappa shape index (κ3) is 2.89. The molecule has 2 aromatic rings. The zero-order chi connectivity index (χ0) is 12.8. The summed E-state index contributed by atoms with van der Waals surface area (Å²) in [5, 5.41) is 9.02. The zero-order valence-corrected chi connectivity index (χ0v) is 10.4. The van der Waals surface area contributed by atoms with Crippen LogP contribution in [0, 0.1) is 11.3 Å². The molecule has 0 spiro atoms. The molecule has 2 heteroatoms. The second kappa shape index (κ2) is 5.88. The predicted molar refractivity (Wildman–Crippen MR) is 71.6 cm³/mol. The van der Waals surface area contributed by atoms with Crippen LogP contribution in [0.2, 0.25) is 0 Å². The van der Waals surface area contributed by atoms with Crippen LogP contribution in [0.4, 0.5) is 0 Å². The van der Waals surface area contributed by atoms with Crippen molar-refractivity contribution in [2.45, 2.75) is 12.8 Å². The second-order valence-corrected chi connectivity index (χ2v) is 4.12. The van der Waals surface area contributed by atoms with Crippen LogP contribution in [-0.4, -0.2) is 7.11 Å². The summed E-state index contributed by atoms with van der Waals surface area (Å²) in [4.78, 5) is 0. The van der Waals surface area contributed by atoms with E-state index in [2.05, 4.69) is 18.2 Å². The van der Waals surface area contributed by atoms with Crippen LogP contribution in [0.25, 0.3) is 0 Å². The van der Waals surface area contributed by atoms with Crippen LogP contribution in [0.1, 0.15) is 16.7 Å². The summed E-state index contributed by atoms with van der Waals surface area (Å²) in [5.41, 5.74) is 3.13. The van der Waals surface area contributed by atoms with E-state index in [1.54, 1.807) is 7.11 Å². The van der Waals surface area contributed by atoms with Gasteiger partial charge in [-0.25, -0.2) is 0 Å². The van der Waals surface area contributed by atoms with E-state index in [1.165, 1.54) is 5.56 Å². The van der Waals surface area contributed by atoms with Crippen molar-refractivity contribution >= 4 is 0 Å². The van der Waals surface area contributed by atoms with Crippen molar-refractivity contribution in [1.29, 1.82) is 5.26 Å². The fourth-order valence-corrected chi connectivity index (χ4v) is 1.92. The van der Waals surface area contributed by atoms with Gasteiger partial charge in [0.15, 0.2) is 0 Å². The van der Waals surface area contributed by atoms with Gasteiger partial charge in [0.2, 0.25) is 0 Å². The number of ether oxygens (including phenoxy) is 1. The van der Waals surface area contributed by atoms with Gasteiger partial charge >= 0.3 is 0 Å². The van der Waals surface area contributed by atoms with E-state index in [9.17, 15) is 0 Å². The van der Waals surface area contributed by atoms with Gasteiger partial charge in [0.05, 0.1) is 18.7 Å². The average Bonchev–Trinajstić information content (AvgIpc) is 2.46. The van der Waals surface area contributed by atoms with Crippen LogP contribution in [0.5, 0.6) is 5.75 Å². The first kappa shape index (κ1) is 12.2. The lowest BCUT2D eigenvalue weighted by Crippen LogP contribution is -1.94. The van der Waals surface area contributed by atoms with Crippen LogP contribution in [0.15, 0.2) is 48.5 Å². The Hall–Kier alpha value is -2.27. The van der Waals surface area contributed by atoms with Crippen molar-refractivity contribution in [3.63, 3.8) is 0 Å². The van der Waals surface area contributed by atoms with E-state index in [-0.39, 0.29) is 0 Å². The molecule has 0 fully saturated rings. The van der Waals surface area contributed by atoms with E-state index in [1.807, 2.05) is 36.4 Å². The molecule has 0 radical (unpaired) electrons. The van der Waals surface area contributed by atoms with Gasteiger partial charge in [0, 0.05) is 0 Å². The molecule has 0 aliphatic heterocycles. The Labute approximate surface area is 107 Å². The fraction of sp³-hybridized carbons (Fsp3) is 0.188. The maximum atomic E-state index is 9.02. The summed E-state index contributed by atoms with van der Waals surface area (Å²) >= 11 is 0. The number of methoxy groups -OCH3 is 1. The standard InChI is InChI=1S/C16H15NO/c1-18-16-10-7-13(8-11-16)6-9-14-4-2-3-5-15(14)12-17/h2-5,7-8,10-11H,6,9H2,1H3. The summed E-state index contributed by atoms with van der Waals surface area (Å²) < 4.78 is 5.13. The predicted octanol–water partition coefficient (Wildman–Crippen LogP) is 3.35. The molecule has 2 nitrogen and oxygen atoms in total. The Morgan fingerprint density at radius 2 is 1.72 bits per heavy atom. The highest BCUT2D eigenvalue weighted by molar-refractivity contribution is 5.38. The molecule has 0 aliphatic rings. The largest absolute Gasteiger partial charge is 0.497 e. The SMILES string of the molecule is COc1ccc(CCc2ccccc2C#N)cc1. The van der Waals surface area contributed by atoms with Gasteiger partial charge in [-0.05, 0) is 42.2 Å². The van der Waals surface area contributed by atoms with Gasteiger partial charge in [-0.1, -0.05) is 30.3 Å². The minimum Gasteiger partial charge on any atom is -0.497 e. The van der Waals surface area contributed by atoms with Crippen LogP contribution >= 0.6 is 0 Å². The van der Waals surface area contributed by atoms with Crippen molar-refractivity contribution in [2.75, 3.05) is 7.11 Å². The van der Waals surface area contributed by atoms with E-state index in [0.29, 0.717) is 0 Å². The first-order chi connectivity index (χ1) is 8.83. The first-order valence-corrected chi connectivity index (χ1v) is 5.94. The van der Waals surface area contributed by atoms with Gasteiger partial charge < -0.3 is 4.74 Å². The van der Waals surface area contributed by atoms with Gasteiger partial charge in [-0.15, -0.1) is 0 Å². The molecule has 2 aromatic carbocycles. The number of nitriles is 1. The topological polar surface area (TPSA) is 33.0 Å². The number of benzene rings is 2. The van der Waals surface area contributed by atoms with Crippen LogP contribution in [0.3, 0.4) is 0 Å². The summed E-state index contributed by atoms with van der Waals surface area (Å²) in [6.07, 6.45) is 1.82. The fourth-order valence-electron chi connectivity index (χ4n) is 1.92. The molecule has 0 unspecified atom stereocenters. The van der Waals surface area contributed by atoms with E-state index in [0.717, 1.165) is 29.7 Å². The quantitative estimate of drug-likeness (QED) is 0.817. The normalized spacial score (nSPS) is 9.78. The van der Waals surface area contributed by atoms with Crippen molar-refractivity contribution < 1.29 is 4.74 Å². The number of hydrogen-bond acceptors (Lipinski definition) is 2. The summed E-state index contributed by atoms with van der Waals surface area (Å²) in [5.74, 6) is 0.871. The molecule has 18 heavy (non-hydrogen) atoms. The first-order valence-electron chi connectivity index (χ1n) is 5.94. The number of nitrogens with zero attached hydrogens (tertiary/aromatic N) is 1. The van der Waals surface area contributed by atoms with E-state index < -0.39 is 0 Å². The molecular formula is C16H15NO. The third-order valence-corrected chi connectivity index (χ3v) is 2.98. The number of aryl methyl sites for hydroxylation is 2. The molecule has 90 valence electrons. The molecule has 0 heterocycles.